The molecule has 0 saturated carbocycles. The van der Waals surface area contributed by atoms with Gasteiger partial charge in [0.2, 0.25) is 0 Å². The van der Waals surface area contributed by atoms with Crippen LogP contribution in [0.5, 0.6) is 0 Å². The highest BCUT2D eigenvalue weighted by Gasteiger charge is 2.04. The second-order valence-corrected chi connectivity index (χ2v) is 4.97. The van der Waals surface area contributed by atoms with E-state index in [-0.39, 0.29) is 0 Å². The molecule has 0 aliphatic heterocycles. The average Bonchev–Trinajstić information content (AvgIpc) is 2.40. The van der Waals surface area contributed by atoms with Gasteiger partial charge < -0.3 is 11.1 Å². The molecule has 0 aromatic heterocycles. The summed E-state index contributed by atoms with van der Waals surface area (Å²) in [5, 5.41) is 3.49. The Bertz CT molecular complexity index is 215. The van der Waals surface area contributed by atoms with Crippen LogP contribution in [0.1, 0.15) is 71.6 Å². The first-order valence-electron chi connectivity index (χ1n) is 7.68. The number of hydrogen-bond donors (Lipinski definition) is 2. The molecule has 0 aromatic rings. The molecule has 0 rings (SSSR count). The Morgan fingerprint density at radius 1 is 1.06 bits per heavy atom. The van der Waals surface area contributed by atoms with Crippen molar-refractivity contribution in [1.29, 1.82) is 0 Å². The molecular formula is C16H32N2. The van der Waals surface area contributed by atoms with Crippen LogP contribution in [0.3, 0.4) is 0 Å². The molecule has 0 heterocycles. The van der Waals surface area contributed by atoms with E-state index in [4.69, 9.17) is 5.73 Å². The minimum Gasteiger partial charge on any atom is -0.329 e. The van der Waals surface area contributed by atoms with E-state index in [1.165, 1.54) is 51.4 Å². The van der Waals surface area contributed by atoms with Crippen LogP contribution in [0, 0.1) is 11.8 Å². The maximum atomic E-state index is 5.77. The zero-order chi connectivity index (χ0) is 13.5. The van der Waals surface area contributed by atoms with Gasteiger partial charge >= 0.3 is 0 Å². The van der Waals surface area contributed by atoms with Gasteiger partial charge in [0.25, 0.3) is 0 Å². The third-order valence-electron chi connectivity index (χ3n) is 3.30. The van der Waals surface area contributed by atoms with Gasteiger partial charge in [-0.25, -0.2) is 0 Å². The van der Waals surface area contributed by atoms with Crippen LogP contribution in [0.15, 0.2) is 0 Å². The third-order valence-corrected chi connectivity index (χ3v) is 3.30. The lowest BCUT2D eigenvalue weighted by molar-refractivity contribution is 0.462. The Balaban J connectivity index is 3.34. The molecule has 3 N–H and O–H groups in total. The minimum atomic E-state index is 0.485. The third kappa shape index (κ3) is 12.0. The smallest absolute Gasteiger partial charge is 0.0214 e. The molecule has 0 saturated heterocycles. The van der Waals surface area contributed by atoms with Crippen molar-refractivity contribution in [1.82, 2.24) is 5.32 Å². The molecule has 0 spiro atoms. The largest absolute Gasteiger partial charge is 0.329 e. The first-order chi connectivity index (χ1) is 8.85. The standard InChI is InChI=1S/C16H32N2/c1-3-5-7-8-9-10-11-13-16(15-17)18-14-12-6-4-2/h16,18H,3,5,7-15,17H2,1-2H3. The molecule has 0 aromatic carbocycles. The Morgan fingerprint density at radius 3 is 2.33 bits per heavy atom. The SMILES string of the molecule is CC#CCCNC(CN)CCCCCCCCC. The van der Waals surface area contributed by atoms with Gasteiger partial charge in [-0.05, 0) is 13.3 Å². The summed E-state index contributed by atoms with van der Waals surface area (Å²) >= 11 is 0. The van der Waals surface area contributed by atoms with E-state index in [0.717, 1.165) is 19.5 Å². The molecule has 2 nitrogen and oxygen atoms in total. The van der Waals surface area contributed by atoms with Gasteiger partial charge in [0.05, 0.1) is 0 Å². The molecule has 0 radical (unpaired) electrons. The number of nitrogens with one attached hydrogen (secondary N) is 1. The molecule has 18 heavy (non-hydrogen) atoms. The normalized spacial score (nSPS) is 11.9. The summed E-state index contributed by atoms with van der Waals surface area (Å²) in [7, 11) is 0. The predicted molar refractivity (Wildman–Crippen MR) is 81.5 cm³/mol. The van der Waals surface area contributed by atoms with Crippen LogP contribution >= 0.6 is 0 Å². The Labute approximate surface area is 114 Å². The van der Waals surface area contributed by atoms with Gasteiger partial charge in [0.15, 0.2) is 0 Å². The summed E-state index contributed by atoms with van der Waals surface area (Å²) in [5.41, 5.74) is 5.77. The number of rotatable bonds is 12. The summed E-state index contributed by atoms with van der Waals surface area (Å²) in [6.07, 6.45) is 11.7. The number of nitrogens with two attached hydrogens (primary N) is 1. The molecule has 0 bridgehead atoms. The molecule has 106 valence electrons. The zero-order valence-corrected chi connectivity index (χ0v) is 12.4. The molecule has 0 fully saturated rings. The Kier molecular flexibility index (Phi) is 14.1. The summed E-state index contributed by atoms with van der Waals surface area (Å²) in [5.74, 6) is 5.99. The lowest BCUT2D eigenvalue weighted by Crippen LogP contribution is -2.36. The zero-order valence-electron chi connectivity index (χ0n) is 12.4. The first kappa shape index (κ1) is 17.5. The van der Waals surface area contributed by atoms with Crippen LogP contribution in [-0.4, -0.2) is 19.1 Å². The Morgan fingerprint density at radius 2 is 1.72 bits per heavy atom. The molecule has 0 aliphatic carbocycles. The lowest BCUT2D eigenvalue weighted by atomic mass is 10.1. The van der Waals surface area contributed by atoms with Crippen molar-refractivity contribution in [2.45, 2.75) is 77.7 Å². The molecule has 2 heteroatoms. The monoisotopic (exact) mass is 252 g/mol. The topological polar surface area (TPSA) is 38.0 Å². The maximum Gasteiger partial charge on any atom is 0.0214 e. The first-order valence-corrected chi connectivity index (χ1v) is 7.68. The van der Waals surface area contributed by atoms with Gasteiger partial charge in [-0.15, -0.1) is 11.8 Å². The summed E-state index contributed by atoms with van der Waals surface area (Å²) in [4.78, 5) is 0. The highest BCUT2D eigenvalue weighted by atomic mass is 14.9. The van der Waals surface area contributed by atoms with Crippen molar-refractivity contribution in [2.24, 2.45) is 5.73 Å². The van der Waals surface area contributed by atoms with Crippen LogP contribution in [-0.2, 0) is 0 Å². The quantitative estimate of drug-likeness (QED) is 0.412. The molecule has 0 aliphatic rings. The maximum absolute atomic E-state index is 5.77. The van der Waals surface area contributed by atoms with E-state index < -0.39 is 0 Å². The highest BCUT2D eigenvalue weighted by Crippen LogP contribution is 2.09. The van der Waals surface area contributed by atoms with Crippen molar-refractivity contribution in [3.63, 3.8) is 0 Å². The van der Waals surface area contributed by atoms with Gasteiger partial charge in [-0.3, -0.25) is 0 Å². The van der Waals surface area contributed by atoms with Crippen LogP contribution in [0.4, 0.5) is 0 Å². The molecule has 0 amide bonds. The molecule has 1 unspecified atom stereocenters. The van der Waals surface area contributed by atoms with Crippen molar-refractivity contribution in [2.75, 3.05) is 13.1 Å². The van der Waals surface area contributed by atoms with Crippen molar-refractivity contribution >= 4 is 0 Å². The van der Waals surface area contributed by atoms with E-state index in [0.29, 0.717) is 6.04 Å². The van der Waals surface area contributed by atoms with Gasteiger partial charge in [-0.2, -0.15) is 0 Å². The van der Waals surface area contributed by atoms with E-state index in [2.05, 4.69) is 24.1 Å². The van der Waals surface area contributed by atoms with E-state index in [1.54, 1.807) is 0 Å². The number of hydrogen-bond acceptors (Lipinski definition) is 2. The van der Waals surface area contributed by atoms with Gasteiger partial charge in [-0.1, -0.05) is 51.9 Å². The second kappa shape index (κ2) is 14.5. The Hall–Kier alpha value is -0.520. The predicted octanol–water partition coefficient (Wildman–Crippen LogP) is 3.46. The number of unbranched alkanes of at least 4 members (excludes halogenated alkanes) is 6. The van der Waals surface area contributed by atoms with Crippen molar-refractivity contribution in [3.05, 3.63) is 0 Å². The fourth-order valence-corrected chi connectivity index (χ4v) is 2.11. The van der Waals surface area contributed by atoms with Gasteiger partial charge in [0.1, 0.15) is 0 Å². The summed E-state index contributed by atoms with van der Waals surface area (Å²) < 4.78 is 0. The van der Waals surface area contributed by atoms with E-state index in [1.807, 2.05) is 6.92 Å². The van der Waals surface area contributed by atoms with Crippen molar-refractivity contribution in [3.8, 4) is 11.8 Å². The fourth-order valence-electron chi connectivity index (χ4n) is 2.11. The van der Waals surface area contributed by atoms with E-state index in [9.17, 15) is 0 Å². The average molecular weight is 252 g/mol. The minimum absolute atomic E-state index is 0.485. The van der Waals surface area contributed by atoms with E-state index >= 15 is 0 Å². The highest BCUT2D eigenvalue weighted by molar-refractivity contribution is 4.95. The summed E-state index contributed by atoms with van der Waals surface area (Å²) in [6, 6.07) is 0.485. The second-order valence-electron chi connectivity index (χ2n) is 4.97. The lowest BCUT2D eigenvalue weighted by Gasteiger charge is -2.15. The van der Waals surface area contributed by atoms with Crippen LogP contribution in [0.25, 0.3) is 0 Å². The van der Waals surface area contributed by atoms with Gasteiger partial charge in [0, 0.05) is 25.6 Å². The molecular weight excluding hydrogens is 220 g/mol. The van der Waals surface area contributed by atoms with Crippen LogP contribution < -0.4 is 11.1 Å². The van der Waals surface area contributed by atoms with Crippen LogP contribution in [0.2, 0.25) is 0 Å². The molecule has 1 atom stereocenters. The summed E-state index contributed by atoms with van der Waals surface area (Å²) in [6.45, 7) is 5.87. The van der Waals surface area contributed by atoms with Crippen molar-refractivity contribution < 1.29 is 0 Å². The fraction of sp³-hybridized carbons (Fsp3) is 0.875.